The predicted octanol–water partition coefficient (Wildman–Crippen LogP) is -0.135. The lowest BCUT2D eigenvalue weighted by atomic mass is 10.3. The fourth-order valence-electron chi connectivity index (χ4n) is 0.975. The van der Waals surface area contributed by atoms with Crippen LogP contribution in [0.5, 0.6) is 0 Å². The van der Waals surface area contributed by atoms with Crippen LogP contribution in [0.3, 0.4) is 0 Å². The molecule has 0 aromatic rings. The lowest BCUT2D eigenvalue weighted by Gasteiger charge is -2.21. The van der Waals surface area contributed by atoms with Crippen LogP contribution in [0.15, 0.2) is 0 Å². The van der Waals surface area contributed by atoms with Crippen molar-refractivity contribution in [2.24, 2.45) is 0 Å². The van der Waals surface area contributed by atoms with Crippen molar-refractivity contribution in [1.82, 2.24) is 10.2 Å². The van der Waals surface area contributed by atoms with Gasteiger partial charge in [0.15, 0.2) is 0 Å². The first-order valence-corrected chi connectivity index (χ1v) is 4.34. The van der Waals surface area contributed by atoms with E-state index in [1.807, 2.05) is 6.92 Å². The standard InChI is InChI=1S/C8H18N4O/c1-3-4-12(6-13)8(10)7(9)5-11-2/h9-11,13H,3-6H2,1-2H3. The van der Waals surface area contributed by atoms with Crippen LogP contribution in [0.4, 0.5) is 0 Å². The van der Waals surface area contributed by atoms with Crippen LogP contribution in [0.25, 0.3) is 0 Å². The molecule has 0 aliphatic rings. The molecule has 0 rings (SSSR count). The Morgan fingerprint density at radius 3 is 2.46 bits per heavy atom. The monoisotopic (exact) mass is 186 g/mol. The molecule has 76 valence electrons. The zero-order valence-corrected chi connectivity index (χ0v) is 8.22. The van der Waals surface area contributed by atoms with Gasteiger partial charge in [0.1, 0.15) is 12.6 Å². The molecule has 0 saturated carbocycles. The summed E-state index contributed by atoms with van der Waals surface area (Å²) < 4.78 is 0. The van der Waals surface area contributed by atoms with Crippen molar-refractivity contribution in [2.75, 3.05) is 26.9 Å². The molecule has 0 bridgehead atoms. The minimum Gasteiger partial charge on any atom is -0.376 e. The summed E-state index contributed by atoms with van der Waals surface area (Å²) in [5.41, 5.74) is 0.199. The highest BCUT2D eigenvalue weighted by atomic mass is 16.3. The van der Waals surface area contributed by atoms with Crippen LogP contribution in [-0.4, -0.2) is 48.4 Å². The van der Waals surface area contributed by atoms with Gasteiger partial charge in [0.25, 0.3) is 0 Å². The van der Waals surface area contributed by atoms with Gasteiger partial charge in [0.2, 0.25) is 0 Å². The molecule has 0 spiro atoms. The Morgan fingerprint density at radius 1 is 1.46 bits per heavy atom. The molecular weight excluding hydrogens is 168 g/mol. The Morgan fingerprint density at radius 2 is 2.08 bits per heavy atom. The number of aliphatic hydroxyl groups excluding tert-OH is 1. The van der Waals surface area contributed by atoms with E-state index in [-0.39, 0.29) is 18.3 Å². The Hall–Kier alpha value is -0.940. The molecule has 0 saturated heterocycles. The summed E-state index contributed by atoms with van der Waals surface area (Å²) in [6.45, 7) is 2.75. The number of rotatable bonds is 6. The van der Waals surface area contributed by atoms with Crippen molar-refractivity contribution in [1.29, 1.82) is 10.8 Å². The smallest absolute Gasteiger partial charge is 0.145 e. The van der Waals surface area contributed by atoms with Crippen LogP contribution >= 0.6 is 0 Å². The highest BCUT2D eigenvalue weighted by Gasteiger charge is 2.11. The molecule has 0 radical (unpaired) electrons. The summed E-state index contributed by atoms with van der Waals surface area (Å²) >= 11 is 0. The molecule has 0 fully saturated rings. The van der Waals surface area contributed by atoms with Crippen molar-refractivity contribution >= 4 is 11.5 Å². The van der Waals surface area contributed by atoms with E-state index in [1.165, 1.54) is 4.90 Å². The lowest BCUT2D eigenvalue weighted by molar-refractivity contribution is 0.171. The molecule has 0 amide bonds. The molecule has 0 aliphatic carbocycles. The highest BCUT2D eigenvalue weighted by Crippen LogP contribution is 1.92. The third-order valence-electron chi connectivity index (χ3n) is 1.62. The lowest BCUT2D eigenvalue weighted by Crippen LogP contribution is -2.40. The second kappa shape index (κ2) is 6.56. The molecule has 0 aliphatic heterocycles. The van der Waals surface area contributed by atoms with Crippen molar-refractivity contribution in [3.63, 3.8) is 0 Å². The van der Waals surface area contributed by atoms with E-state index < -0.39 is 0 Å². The summed E-state index contributed by atoms with van der Waals surface area (Å²) in [6.07, 6.45) is 0.857. The van der Waals surface area contributed by atoms with Crippen molar-refractivity contribution in [3.8, 4) is 0 Å². The second-order valence-corrected chi connectivity index (χ2v) is 2.76. The van der Waals surface area contributed by atoms with Crippen LogP contribution in [-0.2, 0) is 0 Å². The second-order valence-electron chi connectivity index (χ2n) is 2.76. The molecule has 5 nitrogen and oxygen atoms in total. The Kier molecular flexibility index (Phi) is 6.09. The van der Waals surface area contributed by atoms with Gasteiger partial charge in [0, 0.05) is 13.1 Å². The molecule has 5 heteroatoms. The Balaban J connectivity index is 4.11. The highest BCUT2D eigenvalue weighted by molar-refractivity contribution is 6.39. The summed E-state index contributed by atoms with van der Waals surface area (Å²) in [6, 6.07) is 0. The number of amidine groups is 1. The first kappa shape index (κ1) is 12.1. The minimum atomic E-state index is -0.196. The van der Waals surface area contributed by atoms with Crippen LogP contribution < -0.4 is 5.32 Å². The average Bonchev–Trinajstić information content (AvgIpc) is 2.13. The maximum atomic E-state index is 8.91. The molecule has 0 unspecified atom stereocenters. The minimum absolute atomic E-state index is 0.0960. The molecule has 0 heterocycles. The van der Waals surface area contributed by atoms with Gasteiger partial charge in [-0.25, -0.2) is 0 Å². The first-order chi connectivity index (χ1) is 6.17. The summed E-state index contributed by atoms with van der Waals surface area (Å²) in [4.78, 5) is 1.47. The topological polar surface area (TPSA) is 83.2 Å². The SMILES string of the molecule is CCCN(CO)C(=N)C(=N)CNC. The van der Waals surface area contributed by atoms with E-state index in [4.69, 9.17) is 15.9 Å². The molecular formula is C8H18N4O. The quantitative estimate of drug-likeness (QED) is 0.265. The number of nitrogens with one attached hydrogen (secondary N) is 3. The predicted molar refractivity (Wildman–Crippen MR) is 53.5 cm³/mol. The van der Waals surface area contributed by atoms with Crippen LogP contribution in [0.1, 0.15) is 13.3 Å². The zero-order valence-electron chi connectivity index (χ0n) is 8.22. The van der Waals surface area contributed by atoms with E-state index in [0.717, 1.165) is 6.42 Å². The summed E-state index contributed by atoms with van der Waals surface area (Å²) in [5.74, 6) is 0.0960. The van der Waals surface area contributed by atoms with Crippen LogP contribution in [0.2, 0.25) is 0 Å². The van der Waals surface area contributed by atoms with Gasteiger partial charge < -0.3 is 20.7 Å². The largest absolute Gasteiger partial charge is 0.376 e. The third kappa shape index (κ3) is 4.00. The Bertz CT molecular complexity index is 181. The van der Waals surface area contributed by atoms with Crippen molar-refractivity contribution in [2.45, 2.75) is 13.3 Å². The summed E-state index contributed by atoms with van der Waals surface area (Å²) in [5, 5.41) is 26.7. The number of aliphatic hydroxyl groups is 1. The third-order valence-corrected chi connectivity index (χ3v) is 1.62. The van der Waals surface area contributed by atoms with E-state index in [2.05, 4.69) is 5.32 Å². The zero-order chi connectivity index (χ0) is 10.3. The fraction of sp³-hybridized carbons (Fsp3) is 0.750. The Labute approximate surface area is 78.8 Å². The average molecular weight is 186 g/mol. The molecule has 0 aromatic heterocycles. The maximum Gasteiger partial charge on any atom is 0.145 e. The van der Waals surface area contributed by atoms with Gasteiger partial charge >= 0.3 is 0 Å². The van der Waals surface area contributed by atoms with Crippen molar-refractivity contribution in [3.05, 3.63) is 0 Å². The number of hydrogen-bond donors (Lipinski definition) is 4. The van der Waals surface area contributed by atoms with Gasteiger partial charge in [-0.2, -0.15) is 0 Å². The van der Waals surface area contributed by atoms with E-state index in [1.54, 1.807) is 7.05 Å². The molecule has 4 N–H and O–H groups in total. The number of hydrogen-bond acceptors (Lipinski definition) is 4. The molecule has 0 atom stereocenters. The van der Waals surface area contributed by atoms with Crippen molar-refractivity contribution < 1.29 is 5.11 Å². The number of nitrogens with zero attached hydrogens (tertiary/aromatic N) is 1. The van der Waals surface area contributed by atoms with Gasteiger partial charge in [-0.15, -0.1) is 0 Å². The summed E-state index contributed by atoms with van der Waals surface area (Å²) in [7, 11) is 1.73. The van der Waals surface area contributed by atoms with E-state index in [0.29, 0.717) is 13.1 Å². The normalized spacial score (nSPS) is 9.77. The van der Waals surface area contributed by atoms with E-state index >= 15 is 0 Å². The van der Waals surface area contributed by atoms with Gasteiger partial charge in [-0.3, -0.25) is 5.41 Å². The van der Waals surface area contributed by atoms with Gasteiger partial charge in [0.05, 0.1) is 5.71 Å². The van der Waals surface area contributed by atoms with Crippen LogP contribution in [0, 0.1) is 10.8 Å². The van der Waals surface area contributed by atoms with E-state index in [9.17, 15) is 0 Å². The molecule has 13 heavy (non-hydrogen) atoms. The maximum absolute atomic E-state index is 8.91. The van der Waals surface area contributed by atoms with Gasteiger partial charge in [-0.1, -0.05) is 6.92 Å². The fourth-order valence-corrected chi connectivity index (χ4v) is 0.975. The first-order valence-electron chi connectivity index (χ1n) is 4.34. The molecule has 0 aromatic carbocycles. The van der Waals surface area contributed by atoms with Gasteiger partial charge in [-0.05, 0) is 13.5 Å².